The van der Waals surface area contributed by atoms with Crippen LogP contribution in [-0.4, -0.2) is 0 Å². The van der Waals surface area contributed by atoms with Gasteiger partial charge in [-0.3, -0.25) is 0 Å². The summed E-state index contributed by atoms with van der Waals surface area (Å²) >= 11 is 0. The molecule has 1 rings (SSSR count). The highest BCUT2D eigenvalue weighted by molar-refractivity contribution is 5.15. The van der Waals surface area contributed by atoms with Crippen LogP contribution in [0.3, 0.4) is 0 Å². The maximum absolute atomic E-state index is 2.33. The summed E-state index contributed by atoms with van der Waals surface area (Å²) in [6.45, 7) is 9.26. The van der Waals surface area contributed by atoms with E-state index >= 15 is 0 Å². The van der Waals surface area contributed by atoms with Crippen molar-refractivity contribution in [2.75, 3.05) is 0 Å². The molecule has 0 amide bonds. The summed E-state index contributed by atoms with van der Waals surface area (Å²) in [5.74, 6) is 0. The zero-order valence-electron chi connectivity index (χ0n) is 8.02. The number of rotatable bonds is 0. The van der Waals surface area contributed by atoms with Crippen molar-refractivity contribution in [3.8, 4) is 0 Å². The Morgan fingerprint density at radius 3 is 2.27 bits per heavy atom. The third kappa shape index (κ3) is 1.55. The molecule has 0 saturated heterocycles. The summed E-state index contributed by atoms with van der Waals surface area (Å²) in [6.07, 6.45) is 10.0. The number of hydrogen-bond acceptors (Lipinski definition) is 0. The Balaban J connectivity index is 2.95. The van der Waals surface area contributed by atoms with Gasteiger partial charge in [-0.15, -0.1) is 0 Å². The summed E-state index contributed by atoms with van der Waals surface area (Å²) in [6, 6.07) is 0. The molecule has 1 aliphatic rings. The molecular weight excluding hydrogens is 132 g/mol. The molecule has 0 aromatic carbocycles. The van der Waals surface area contributed by atoms with Crippen LogP contribution in [0, 0.1) is 10.8 Å². The molecule has 0 spiro atoms. The summed E-state index contributed by atoms with van der Waals surface area (Å²) in [5.41, 5.74) is 0.701. The summed E-state index contributed by atoms with van der Waals surface area (Å²) in [5, 5.41) is 0. The van der Waals surface area contributed by atoms with Crippen molar-refractivity contribution < 1.29 is 0 Å². The molecule has 0 aromatic rings. The van der Waals surface area contributed by atoms with Gasteiger partial charge in [-0.2, -0.15) is 0 Å². The maximum Gasteiger partial charge on any atom is -0.0118 e. The lowest BCUT2D eigenvalue weighted by atomic mass is 9.67. The van der Waals surface area contributed by atoms with E-state index in [4.69, 9.17) is 0 Å². The zero-order valence-corrected chi connectivity index (χ0v) is 8.02. The van der Waals surface area contributed by atoms with E-state index in [-0.39, 0.29) is 0 Å². The van der Waals surface area contributed by atoms with Gasteiger partial charge in [0.1, 0.15) is 0 Å². The molecule has 0 heteroatoms. The predicted molar refractivity (Wildman–Crippen MR) is 50.5 cm³/mol. The molecule has 0 nitrogen and oxygen atoms in total. The van der Waals surface area contributed by atoms with Gasteiger partial charge >= 0.3 is 0 Å². The number of hydrogen-bond donors (Lipinski definition) is 0. The predicted octanol–water partition coefficient (Wildman–Crippen LogP) is 3.55. The van der Waals surface area contributed by atoms with Crippen LogP contribution in [-0.2, 0) is 0 Å². The van der Waals surface area contributed by atoms with E-state index in [2.05, 4.69) is 52.0 Å². The SMILES string of the molecule is CC1(C)C=CC=CCC1(C)C. The molecule has 0 aliphatic heterocycles. The Hall–Kier alpha value is -0.520. The molecule has 11 heavy (non-hydrogen) atoms. The first-order chi connectivity index (χ1) is 4.96. The first-order valence-corrected chi connectivity index (χ1v) is 4.30. The van der Waals surface area contributed by atoms with E-state index in [1.54, 1.807) is 0 Å². The highest BCUT2D eigenvalue weighted by atomic mass is 14.4. The zero-order chi connectivity index (χ0) is 8.54. The second-order valence-corrected chi connectivity index (χ2v) is 4.60. The number of allylic oxidation sites excluding steroid dienone is 4. The van der Waals surface area contributed by atoms with Crippen LogP contribution < -0.4 is 0 Å². The fourth-order valence-electron chi connectivity index (χ4n) is 1.23. The average Bonchev–Trinajstić information content (AvgIpc) is 1.94. The van der Waals surface area contributed by atoms with Crippen LogP contribution in [0.5, 0.6) is 0 Å². The van der Waals surface area contributed by atoms with Crippen LogP contribution >= 0.6 is 0 Å². The quantitative estimate of drug-likeness (QED) is 0.495. The van der Waals surface area contributed by atoms with Crippen molar-refractivity contribution in [1.82, 2.24) is 0 Å². The fraction of sp³-hybridized carbons (Fsp3) is 0.636. The largest absolute Gasteiger partial charge is 0.0840 e. The Morgan fingerprint density at radius 1 is 1.00 bits per heavy atom. The van der Waals surface area contributed by atoms with Gasteiger partial charge in [0.05, 0.1) is 0 Å². The molecule has 0 saturated carbocycles. The van der Waals surface area contributed by atoms with E-state index in [0.717, 1.165) is 0 Å². The standard InChI is InChI=1S/C11H18/c1-10(2)8-6-5-7-9-11(10,3)4/h5-8H,9H2,1-4H3. The van der Waals surface area contributed by atoms with Gasteiger partial charge in [0.25, 0.3) is 0 Å². The van der Waals surface area contributed by atoms with Crippen molar-refractivity contribution in [3.05, 3.63) is 24.3 Å². The lowest BCUT2D eigenvalue weighted by molar-refractivity contribution is 0.171. The van der Waals surface area contributed by atoms with Gasteiger partial charge < -0.3 is 0 Å². The molecule has 0 unspecified atom stereocenters. The Kier molecular flexibility index (Phi) is 1.96. The molecule has 0 N–H and O–H groups in total. The molecule has 0 bridgehead atoms. The average molecular weight is 150 g/mol. The van der Waals surface area contributed by atoms with Crippen molar-refractivity contribution >= 4 is 0 Å². The Labute approximate surface area is 70.0 Å². The molecular formula is C11H18. The molecule has 0 fully saturated rings. The molecule has 0 radical (unpaired) electrons. The lowest BCUT2D eigenvalue weighted by Crippen LogP contribution is -2.29. The Morgan fingerprint density at radius 2 is 1.64 bits per heavy atom. The van der Waals surface area contributed by atoms with Crippen molar-refractivity contribution in [2.45, 2.75) is 34.1 Å². The van der Waals surface area contributed by atoms with Gasteiger partial charge in [0.15, 0.2) is 0 Å². The summed E-state index contributed by atoms with van der Waals surface area (Å²) < 4.78 is 0. The van der Waals surface area contributed by atoms with Gasteiger partial charge in [0.2, 0.25) is 0 Å². The fourth-order valence-corrected chi connectivity index (χ4v) is 1.23. The van der Waals surface area contributed by atoms with Crippen LogP contribution in [0.4, 0.5) is 0 Å². The molecule has 1 aliphatic carbocycles. The monoisotopic (exact) mass is 150 g/mol. The van der Waals surface area contributed by atoms with Gasteiger partial charge in [-0.25, -0.2) is 0 Å². The minimum Gasteiger partial charge on any atom is -0.0840 e. The third-order valence-corrected chi connectivity index (χ3v) is 3.13. The van der Waals surface area contributed by atoms with Crippen molar-refractivity contribution in [1.29, 1.82) is 0 Å². The van der Waals surface area contributed by atoms with Crippen molar-refractivity contribution in [3.63, 3.8) is 0 Å². The second-order valence-electron chi connectivity index (χ2n) is 4.60. The van der Waals surface area contributed by atoms with Gasteiger partial charge in [0, 0.05) is 0 Å². The van der Waals surface area contributed by atoms with E-state index in [0.29, 0.717) is 10.8 Å². The van der Waals surface area contributed by atoms with E-state index in [9.17, 15) is 0 Å². The topological polar surface area (TPSA) is 0 Å². The van der Waals surface area contributed by atoms with Crippen LogP contribution in [0.2, 0.25) is 0 Å². The first-order valence-electron chi connectivity index (χ1n) is 4.30. The molecule has 62 valence electrons. The second kappa shape index (κ2) is 2.51. The normalized spacial score (nSPS) is 26.5. The minimum absolute atomic E-state index is 0.316. The molecule has 0 heterocycles. The maximum atomic E-state index is 2.33. The lowest BCUT2D eigenvalue weighted by Gasteiger charge is -2.38. The Bertz CT molecular complexity index is 192. The van der Waals surface area contributed by atoms with E-state index < -0.39 is 0 Å². The smallest absolute Gasteiger partial charge is 0.0118 e. The summed E-state index contributed by atoms with van der Waals surface area (Å²) in [4.78, 5) is 0. The van der Waals surface area contributed by atoms with E-state index in [1.807, 2.05) is 0 Å². The summed E-state index contributed by atoms with van der Waals surface area (Å²) in [7, 11) is 0. The minimum atomic E-state index is 0.316. The van der Waals surface area contributed by atoms with E-state index in [1.165, 1.54) is 6.42 Å². The molecule has 0 atom stereocenters. The van der Waals surface area contributed by atoms with Gasteiger partial charge in [-0.1, -0.05) is 52.0 Å². The van der Waals surface area contributed by atoms with Crippen LogP contribution in [0.1, 0.15) is 34.1 Å². The van der Waals surface area contributed by atoms with Crippen LogP contribution in [0.15, 0.2) is 24.3 Å². The third-order valence-electron chi connectivity index (χ3n) is 3.13. The van der Waals surface area contributed by atoms with Crippen LogP contribution in [0.25, 0.3) is 0 Å². The highest BCUT2D eigenvalue weighted by Gasteiger charge is 2.33. The van der Waals surface area contributed by atoms with Gasteiger partial charge in [-0.05, 0) is 17.3 Å². The highest BCUT2D eigenvalue weighted by Crippen LogP contribution is 2.43. The first kappa shape index (κ1) is 8.58. The molecule has 0 aromatic heterocycles. The van der Waals surface area contributed by atoms with Crippen molar-refractivity contribution in [2.24, 2.45) is 10.8 Å².